The molecule has 1 saturated heterocycles. The second kappa shape index (κ2) is 12.5. The number of hydrogen-bond donors (Lipinski definition) is 3. The maximum Gasteiger partial charge on any atom is 0.191 e. The maximum absolute atomic E-state index is 9.71. The Bertz CT molecular complexity index is 795. The summed E-state index contributed by atoms with van der Waals surface area (Å²) in [6.45, 7) is 5.54. The molecular formula is C22H32IN5O2. The van der Waals surface area contributed by atoms with Gasteiger partial charge < -0.3 is 25.4 Å². The first-order valence-electron chi connectivity index (χ1n) is 10.3. The van der Waals surface area contributed by atoms with Gasteiger partial charge in [0.15, 0.2) is 17.5 Å². The number of phenolic OH excluding ortho intramolecular Hbond substituents is 1. The summed E-state index contributed by atoms with van der Waals surface area (Å²) in [5.74, 6) is 2.56. The Labute approximate surface area is 196 Å². The van der Waals surface area contributed by atoms with Crippen molar-refractivity contribution in [3.8, 4) is 11.5 Å². The molecule has 1 aliphatic heterocycles. The minimum atomic E-state index is 0. The second-order valence-electron chi connectivity index (χ2n) is 7.11. The number of rotatable bonds is 7. The summed E-state index contributed by atoms with van der Waals surface area (Å²) >= 11 is 0. The summed E-state index contributed by atoms with van der Waals surface area (Å²) in [6.07, 6.45) is 4.73. The van der Waals surface area contributed by atoms with Gasteiger partial charge in [0.05, 0.1) is 7.11 Å². The van der Waals surface area contributed by atoms with Gasteiger partial charge >= 0.3 is 0 Å². The molecule has 2 aromatic rings. The van der Waals surface area contributed by atoms with Gasteiger partial charge in [-0.05, 0) is 56.0 Å². The third-order valence-electron chi connectivity index (χ3n) is 5.07. The van der Waals surface area contributed by atoms with Gasteiger partial charge in [-0.15, -0.1) is 24.0 Å². The van der Waals surface area contributed by atoms with Crippen molar-refractivity contribution in [3.05, 3.63) is 48.2 Å². The number of hydrogen-bond acceptors (Lipinski definition) is 5. The normalized spacial score (nSPS) is 14.7. The number of halogens is 1. The van der Waals surface area contributed by atoms with E-state index in [1.54, 1.807) is 13.2 Å². The van der Waals surface area contributed by atoms with Crippen LogP contribution in [0.4, 0.5) is 5.82 Å². The molecule has 164 valence electrons. The minimum absolute atomic E-state index is 0. The molecule has 0 aliphatic carbocycles. The highest BCUT2D eigenvalue weighted by Crippen LogP contribution is 2.26. The average Bonchev–Trinajstić information content (AvgIpc) is 2.76. The van der Waals surface area contributed by atoms with Crippen LogP contribution in [0.25, 0.3) is 0 Å². The van der Waals surface area contributed by atoms with E-state index in [0.717, 1.165) is 56.2 Å². The summed E-state index contributed by atoms with van der Waals surface area (Å²) in [7, 11) is 1.56. The zero-order valence-corrected chi connectivity index (χ0v) is 20.0. The van der Waals surface area contributed by atoms with Crippen molar-refractivity contribution in [1.82, 2.24) is 15.6 Å². The van der Waals surface area contributed by atoms with Crippen molar-refractivity contribution < 1.29 is 9.84 Å². The first-order valence-corrected chi connectivity index (χ1v) is 10.3. The Morgan fingerprint density at radius 1 is 1.27 bits per heavy atom. The summed E-state index contributed by atoms with van der Waals surface area (Å²) in [4.78, 5) is 11.5. The van der Waals surface area contributed by atoms with Crippen molar-refractivity contribution >= 4 is 35.8 Å². The Balaban J connectivity index is 0.00000320. The summed E-state index contributed by atoms with van der Waals surface area (Å²) < 4.78 is 5.17. The Morgan fingerprint density at radius 2 is 2.07 bits per heavy atom. The molecule has 8 heteroatoms. The smallest absolute Gasteiger partial charge is 0.191 e. The molecule has 1 aromatic heterocycles. The average molecular weight is 525 g/mol. The van der Waals surface area contributed by atoms with Gasteiger partial charge in [0.1, 0.15) is 5.82 Å². The molecule has 7 nitrogen and oxygen atoms in total. The Kier molecular flexibility index (Phi) is 9.99. The maximum atomic E-state index is 9.71. The molecule has 1 aliphatic rings. The fourth-order valence-corrected chi connectivity index (χ4v) is 3.48. The first-order chi connectivity index (χ1) is 14.2. The largest absolute Gasteiger partial charge is 0.504 e. The molecule has 0 spiro atoms. The molecule has 0 bridgehead atoms. The van der Waals surface area contributed by atoms with Crippen LogP contribution in [-0.4, -0.2) is 55.4 Å². The highest BCUT2D eigenvalue weighted by Gasteiger charge is 2.20. The van der Waals surface area contributed by atoms with Crippen molar-refractivity contribution in [2.45, 2.75) is 32.2 Å². The molecule has 0 amide bonds. The molecule has 0 unspecified atom stereocenters. The number of aliphatic imine (C=N–C) groups is 1. The van der Waals surface area contributed by atoms with Gasteiger partial charge in [-0.25, -0.2) is 4.98 Å². The number of piperidine rings is 1. The van der Waals surface area contributed by atoms with Crippen LogP contribution in [0.2, 0.25) is 0 Å². The summed E-state index contributed by atoms with van der Waals surface area (Å²) in [5.41, 5.74) is 1.09. The third kappa shape index (κ3) is 6.93. The van der Waals surface area contributed by atoms with Crippen LogP contribution in [0.3, 0.4) is 0 Å². The number of pyridine rings is 1. The molecule has 0 radical (unpaired) electrons. The second-order valence-corrected chi connectivity index (χ2v) is 7.11. The number of phenols is 1. The first kappa shape index (κ1) is 24.0. The zero-order valence-electron chi connectivity index (χ0n) is 17.7. The van der Waals surface area contributed by atoms with E-state index in [2.05, 4.69) is 33.5 Å². The van der Waals surface area contributed by atoms with E-state index in [1.807, 2.05) is 30.5 Å². The van der Waals surface area contributed by atoms with Crippen molar-refractivity contribution in [3.63, 3.8) is 0 Å². The van der Waals surface area contributed by atoms with Crippen LogP contribution in [0, 0.1) is 0 Å². The van der Waals surface area contributed by atoms with Gasteiger partial charge in [-0.1, -0.05) is 12.1 Å². The lowest BCUT2D eigenvalue weighted by atomic mass is 10.1. The number of aromatic hydroxyl groups is 1. The minimum Gasteiger partial charge on any atom is -0.504 e. The molecule has 0 atom stereocenters. The van der Waals surface area contributed by atoms with E-state index in [1.165, 1.54) is 0 Å². The van der Waals surface area contributed by atoms with E-state index >= 15 is 0 Å². The van der Waals surface area contributed by atoms with E-state index in [0.29, 0.717) is 18.3 Å². The van der Waals surface area contributed by atoms with Gasteiger partial charge in [-0.3, -0.25) is 4.99 Å². The van der Waals surface area contributed by atoms with Crippen LogP contribution in [-0.2, 0) is 6.42 Å². The molecule has 3 rings (SSSR count). The molecule has 30 heavy (non-hydrogen) atoms. The molecule has 0 saturated carbocycles. The Hall–Kier alpha value is -2.23. The molecule has 1 aromatic carbocycles. The number of nitrogens with one attached hydrogen (secondary N) is 2. The molecule has 2 heterocycles. The van der Waals surface area contributed by atoms with E-state index in [4.69, 9.17) is 9.73 Å². The third-order valence-corrected chi connectivity index (χ3v) is 5.07. The van der Waals surface area contributed by atoms with Gasteiger partial charge in [0.25, 0.3) is 0 Å². The van der Waals surface area contributed by atoms with Crippen molar-refractivity contribution in [2.24, 2.45) is 4.99 Å². The number of benzene rings is 1. The number of methoxy groups -OCH3 is 1. The number of aromatic nitrogens is 1. The predicted molar refractivity (Wildman–Crippen MR) is 132 cm³/mol. The van der Waals surface area contributed by atoms with Crippen LogP contribution < -0.4 is 20.3 Å². The lowest BCUT2D eigenvalue weighted by Crippen LogP contribution is -2.49. The fourth-order valence-electron chi connectivity index (χ4n) is 3.48. The summed E-state index contributed by atoms with van der Waals surface area (Å²) in [6, 6.07) is 11.9. The number of anilines is 1. The highest BCUT2D eigenvalue weighted by atomic mass is 127. The quantitative estimate of drug-likeness (QED) is 0.293. The molecular weight excluding hydrogens is 493 g/mol. The predicted octanol–water partition coefficient (Wildman–Crippen LogP) is 3.18. The molecule has 3 N–H and O–H groups in total. The SMILES string of the molecule is CCNC(=NCCc1ccc(O)c(OC)c1)NC1CCN(c2ccccn2)CC1.I. The van der Waals surface area contributed by atoms with Gasteiger partial charge in [0.2, 0.25) is 0 Å². The van der Waals surface area contributed by atoms with Crippen LogP contribution in [0.5, 0.6) is 11.5 Å². The Morgan fingerprint density at radius 3 is 2.73 bits per heavy atom. The van der Waals surface area contributed by atoms with Crippen molar-refractivity contribution in [2.75, 3.05) is 38.2 Å². The number of nitrogens with zero attached hydrogens (tertiary/aromatic N) is 3. The fraction of sp³-hybridized carbons (Fsp3) is 0.455. The monoisotopic (exact) mass is 525 g/mol. The van der Waals surface area contributed by atoms with Crippen molar-refractivity contribution in [1.29, 1.82) is 0 Å². The number of ether oxygens (including phenoxy) is 1. The van der Waals surface area contributed by atoms with E-state index in [9.17, 15) is 5.11 Å². The standard InChI is InChI=1S/C22H31N5O2.HI/c1-3-23-22(25-13-9-17-7-8-19(28)20(16-17)29-2)26-18-10-14-27(15-11-18)21-6-4-5-12-24-21;/h4-8,12,16,18,28H,3,9-11,13-15H2,1-2H3,(H2,23,25,26);1H. The highest BCUT2D eigenvalue weighted by molar-refractivity contribution is 14.0. The lowest BCUT2D eigenvalue weighted by Gasteiger charge is -2.33. The van der Waals surface area contributed by atoms with Crippen LogP contribution >= 0.6 is 24.0 Å². The number of guanidine groups is 1. The van der Waals surface area contributed by atoms with Gasteiger partial charge in [0, 0.05) is 38.4 Å². The summed E-state index contributed by atoms with van der Waals surface area (Å²) in [5, 5.41) is 16.6. The van der Waals surface area contributed by atoms with Crippen LogP contribution in [0.15, 0.2) is 47.6 Å². The lowest BCUT2D eigenvalue weighted by molar-refractivity contribution is 0.373. The van der Waals surface area contributed by atoms with Crippen LogP contribution in [0.1, 0.15) is 25.3 Å². The van der Waals surface area contributed by atoms with E-state index in [-0.39, 0.29) is 29.7 Å². The molecule has 1 fully saturated rings. The topological polar surface area (TPSA) is 82.0 Å². The van der Waals surface area contributed by atoms with E-state index < -0.39 is 0 Å². The van der Waals surface area contributed by atoms with Gasteiger partial charge in [-0.2, -0.15) is 0 Å². The zero-order chi connectivity index (χ0) is 20.5.